The Bertz CT molecular complexity index is 271. The van der Waals surface area contributed by atoms with Gasteiger partial charge in [-0.3, -0.25) is 0 Å². The topological polar surface area (TPSA) is 45.6 Å². The van der Waals surface area contributed by atoms with Gasteiger partial charge in [-0.05, 0) is 0 Å². The molecule has 1 saturated heterocycles. The van der Waals surface area contributed by atoms with Crippen LogP contribution in [0.15, 0.2) is 6.20 Å². The van der Waals surface area contributed by atoms with Crippen LogP contribution in [-0.2, 0) is 11.3 Å². The molecule has 0 aromatic carbocycles. The number of ether oxygens (including phenoxy) is 1. The van der Waals surface area contributed by atoms with E-state index in [1.807, 2.05) is 0 Å². The lowest BCUT2D eigenvalue weighted by Crippen LogP contribution is -2.36. The summed E-state index contributed by atoms with van der Waals surface area (Å²) in [6, 6.07) is 0. The molecule has 2 rings (SSSR count). The highest BCUT2D eigenvalue weighted by Crippen LogP contribution is 2.22. The first-order valence-corrected chi connectivity index (χ1v) is 5.10. The lowest BCUT2D eigenvalue weighted by atomic mass is 10.5. The summed E-state index contributed by atoms with van der Waals surface area (Å²) in [5.41, 5.74) is 0. The first-order valence-electron chi connectivity index (χ1n) is 4.28. The van der Waals surface area contributed by atoms with Crippen molar-refractivity contribution in [2.24, 2.45) is 0 Å². The second-order valence-electron chi connectivity index (χ2n) is 2.87. The summed E-state index contributed by atoms with van der Waals surface area (Å²) >= 11 is 1.55. The molecule has 13 heavy (non-hydrogen) atoms. The molecule has 72 valence electrons. The van der Waals surface area contributed by atoms with E-state index in [4.69, 9.17) is 9.84 Å². The third kappa shape index (κ3) is 1.99. The molecule has 2 heterocycles. The Kier molecular flexibility index (Phi) is 2.77. The molecule has 0 amide bonds. The van der Waals surface area contributed by atoms with Gasteiger partial charge >= 0.3 is 0 Å². The number of aromatic nitrogens is 1. The van der Waals surface area contributed by atoms with Crippen LogP contribution in [0.1, 0.15) is 4.88 Å². The molecule has 1 N–H and O–H groups in total. The lowest BCUT2D eigenvalue weighted by Gasteiger charge is -2.25. The number of hydrogen-bond donors (Lipinski definition) is 1. The summed E-state index contributed by atoms with van der Waals surface area (Å²) in [5, 5.41) is 9.87. The fourth-order valence-corrected chi connectivity index (χ4v) is 2.09. The third-order valence-corrected chi connectivity index (χ3v) is 3.02. The minimum atomic E-state index is 0.0853. The van der Waals surface area contributed by atoms with Gasteiger partial charge in [-0.1, -0.05) is 11.3 Å². The van der Waals surface area contributed by atoms with Crippen LogP contribution < -0.4 is 4.90 Å². The third-order valence-electron chi connectivity index (χ3n) is 1.98. The van der Waals surface area contributed by atoms with Crippen molar-refractivity contribution in [2.45, 2.75) is 6.61 Å². The number of anilines is 1. The molecule has 4 nitrogen and oxygen atoms in total. The predicted octanol–water partition coefficient (Wildman–Crippen LogP) is 0.472. The monoisotopic (exact) mass is 200 g/mol. The summed E-state index contributed by atoms with van der Waals surface area (Å²) in [5.74, 6) is 0. The Morgan fingerprint density at radius 2 is 2.31 bits per heavy atom. The van der Waals surface area contributed by atoms with E-state index in [0.717, 1.165) is 36.3 Å². The molecule has 0 spiro atoms. The summed E-state index contributed by atoms with van der Waals surface area (Å²) in [7, 11) is 0. The quantitative estimate of drug-likeness (QED) is 0.754. The van der Waals surface area contributed by atoms with E-state index in [1.54, 1.807) is 17.5 Å². The number of nitrogens with zero attached hydrogens (tertiary/aromatic N) is 2. The maximum Gasteiger partial charge on any atom is 0.185 e. The zero-order valence-electron chi connectivity index (χ0n) is 7.27. The van der Waals surface area contributed by atoms with Crippen molar-refractivity contribution in [3.05, 3.63) is 11.1 Å². The van der Waals surface area contributed by atoms with Crippen molar-refractivity contribution in [1.29, 1.82) is 0 Å². The van der Waals surface area contributed by atoms with Crippen LogP contribution in [0.25, 0.3) is 0 Å². The van der Waals surface area contributed by atoms with E-state index in [0.29, 0.717) is 0 Å². The molecule has 1 aliphatic heterocycles. The molecule has 0 atom stereocenters. The summed E-state index contributed by atoms with van der Waals surface area (Å²) in [6.45, 7) is 3.43. The molecule has 0 radical (unpaired) electrons. The molecule has 0 bridgehead atoms. The van der Waals surface area contributed by atoms with Crippen molar-refractivity contribution in [2.75, 3.05) is 31.2 Å². The zero-order valence-corrected chi connectivity index (χ0v) is 8.09. The number of hydrogen-bond acceptors (Lipinski definition) is 5. The Balaban J connectivity index is 2.05. The number of thiazole rings is 1. The summed E-state index contributed by atoms with van der Waals surface area (Å²) in [4.78, 5) is 7.35. The van der Waals surface area contributed by atoms with Crippen LogP contribution in [0.3, 0.4) is 0 Å². The van der Waals surface area contributed by atoms with Crippen molar-refractivity contribution in [3.8, 4) is 0 Å². The molecule has 1 aromatic rings. The fraction of sp³-hybridized carbons (Fsp3) is 0.625. The molecular weight excluding hydrogens is 188 g/mol. The highest BCUT2D eigenvalue weighted by atomic mass is 32.1. The fourth-order valence-electron chi connectivity index (χ4n) is 1.27. The van der Waals surface area contributed by atoms with Gasteiger partial charge in [0.05, 0.1) is 24.7 Å². The molecule has 5 heteroatoms. The highest BCUT2D eigenvalue weighted by Gasteiger charge is 2.13. The Hall–Kier alpha value is -0.650. The van der Waals surface area contributed by atoms with Gasteiger partial charge in [0.1, 0.15) is 0 Å². The average Bonchev–Trinajstić information content (AvgIpc) is 2.67. The Labute approximate surface area is 80.8 Å². The molecule has 0 aliphatic carbocycles. The highest BCUT2D eigenvalue weighted by molar-refractivity contribution is 7.15. The number of aliphatic hydroxyl groups is 1. The normalized spacial score (nSPS) is 17.8. The van der Waals surface area contributed by atoms with Gasteiger partial charge in [-0.15, -0.1) is 0 Å². The van der Waals surface area contributed by atoms with Crippen LogP contribution in [0, 0.1) is 0 Å². The van der Waals surface area contributed by atoms with Crippen molar-refractivity contribution in [1.82, 2.24) is 4.98 Å². The average molecular weight is 200 g/mol. The summed E-state index contributed by atoms with van der Waals surface area (Å²) < 4.78 is 5.24. The van der Waals surface area contributed by atoms with E-state index < -0.39 is 0 Å². The largest absolute Gasteiger partial charge is 0.391 e. The number of aliphatic hydroxyl groups excluding tert-OH is 1. The maximum atomic E-state index is 8.88. The number of rotatable bonds is 2. The van der Waals surface area contributed by atoms with E-state index in [2.05, 4.69) is 9.88 Å². The predicted molar refractivity (Wildman–Crippen MR) is 51.1 cm³/mol. The van der Waals surface area contributed by atoms with Gasteiger partial charge in [-0.2, -0.15) is 0 Å². The van der Waals surface area contributed by atoms with E-state index in [-0.39, 0.29) is 6.61 Å². The van der Waals surface area contributed by atoms with E-state index in [9.17, 15) is 0 Å². The van der Waals surface area contributed by atoms with Gasteiger partial charge in [0.2, 0.25) is 0 Å². The standard InChI is InChI=1S/C8H12N2O2S/c11-6-7-5-9-8(13-7)10-1-3-12-4-2-10/h5,11H,1-4,6H2. The molecule has 0 saturated carbocycles. The van der Waals surface area contributed by atoms with Crippen LogP contribution in [0.5, 0.6) is 0 Å². The minimum Gasteiger partial charge on any atom is -0.391 e. The molecule has 1 fully saturated rings. The molecule has 1 aromatic heterocycles. The minimum absolute atomic E-state index is 0.0853. The zero-order chi connectivity index (χ0) is 9.10. The SMILES string of the molecule is OCc1cnc(N2CCOCC2)s1. The second kappa shape index (κ2) is 4.04. The summed E-state index contributed by atoms with van der Waals surface area (Å²) in [6.07, 6.45) is 1.73. The van der Waals surface area contributed by atoms with E-state index in [1.165, 1.54) is 0 Å². The van der Waals surface area contributed by atoms with Crippen molar-refractivity contribution in [3.63, 3.8) is 0 Å². The smallest absolute Gasteiger partial charge is 0.185 e. The van der Waals surface area contributed by atoms with Gasteiger partial charge in [0.25, 0.3) is 0 Å². The molecule has 0 unspecified atom stereocenters. The first kappa shape index (κ1) is 8.93. The Morgan fingerprint density at radius 3 is 2.92 bits per heavy atom. The van der Waals surface area contributed by atoms with E-state index >= 15 is 0 Å². The van der Waals surface area contributed by atoms with Crippen LogP contribution in [0.4, 0.5) is 5.13 Å². The van der Waals surface area contributed by atoms with Gasteiger partial charge < -0.3 is 14.7 Å². The van der Waals surface area contributed by atoms with Gasteiger partial charge in [-0.25, -0.2) is 4.98 Å². The van der Waals surface area contributed by atoms with Crippen molar-refractivity contribution < 1.29 is 9.84 Å². The van der Waals surface area contributed by atoms with Gasteiger partial charge in [0, 0.05) is 19.3 Å². The van der Waals surface area contributed by atoms with Gasteiger partial charge in [0.15, 0.2) is 5.13 Å². The number of morpholine rings is 1. The van der Waals surface area contributed by atoms with Crippen LogP contribution >= 0.6 is 11.3 Å². The first-order chi connectivity index (χ1) is 6.40. The lowest BCUT2D eigenvalue weighted by molar-refractivity contribution is 0.122. The van der Waals surface area contributed by atoms with Crippen LogP contribution in [0.2, 0.25) is 0 Å². The molecular formula is C8H12N2O2S. The maximum absolute atomic E-state index is 8.88. The van der Waals surface area contributed by atoms with Crippen LogP contribution in [-0.4, -0.2) is 36.4 Å². The Morgan fingerprint density at radius 1 is 1.54 bits per heavy atom. The van der Waals surface area contributed by atoms with Crippen molar-refractivity contribution >= 4 is 16.5 Å². The second-order valence-corrected chi connectivity index (χ2v) is 3.96. The molecule has 1 aliphatic rings.